The van der Waals surface area contributed by atoms with E-state index in [1.54, 1.807) is 18.2 Å². The Bertz CT molecular complexity index is 705. The molecule has 0 saturated carbocycles. The molecule has 8 heteroatoms. The summed E-state index contributed by atoms with van der Waals surface area (Å²) < 4.78 is 6.77. The van der Waals surface area contributed by atoms with E-state index in [9.17, 15) is 10.1 Å². The Hall–Kier alpha value is -2.59. The molecule has 1 aromatic heterocycles. The second-order valence-electron chi connectivity index (χ2n) is 3.87. The molecule has 0 aliphatic carbocycles. The Balaban J connectivity index is 2.22. The first-order valence-corrected chi connectivity index (χ1v) is 5.88. The summed E-state index contributed by atoms with van der Waals surface area (Å²) in [5.41, 5.74) is 0.293. The van der Waals surface area contributed by atoms with Gasteiger partial charge in [0.05, 0.1) is 17.6 Å². The highest BCUT2D eigenvalue weighted by molar-refractivity contribution is 6.32. The molecule has 0 aliphatic rings. The summed E-state index contributed by atoms with van der Waals surface area (Å²) in [7, 11) is 1.52. The summed E-state index contributed by atoms with van der Waals surface area (Å²) in [5.74, 6) is 0.464. The Morgan fingerprint density at radius 3 is 2.95 bits per heavy atom. The zero-order chi connectivity index (χ0) is 14.7. The van der Waals surface area contributed by atoms with Gasteiger partial charge in [-0.05, 0) is 17.1 Å². The molecule has 0 fully saturated rings. The molecule has 102 valence electrons. The lowest BCUT2D eigenvalue weighted by Crippen LogP contribution is -2.06. The lowest BCUT2D eigenvalue weighted by atomic mass is 10.2. The van der Waals surface area contributed by atoms with E-state index in [-0.39, 0.29) is 18.2 Å². The molecule has 0 N–H and O–H groups in total. The normalized spacial score (nSPS) is 10.1. The maximum absolute atomic E-state index is 10.7. The Labute approximate surface area is 119 Å². The maximum atomic E-state index is 10.7. The standard InChI is InChI=1S/C12H9ClN4O3/c1-16-10(15-6-11(16)17(18)19)7-20-12-8(5-14)3-2-4-9(12)13/h2-4,6H,7H2,1H3. The highest BCUT2D eigenvalue weighted by atomic mass is 35.5. The molecule has 1 heterocycles. The van der Waals surface area contributed by atoms with Gasteiger partial charge in [0, 0.05) is 0 Å². The van der Waals surface area contributed by atoms with E-state index in [2.05, 4.69) is 4.98 Å². The van der Waals surface area contributed by atoms with Crippen LogP contribution in [-0.4, -0.2) is 14.5 Å². The van der Waals surface area contributed by atoms with Crippen molar-refractivity contribution in [3.63, 3.8) is 0 Å². The number of hydrogen-bond acceptors (Lipinski definition) is 5. The quantitative estimate of drug-likeness (QED) is 0.637. The number of para-hydroxylation sites is 1. The minimum absolute atomic E-state index is 0.0250. The number of nitriles is 1. The predicted molar refractivity (Wildman–Crippen MR) is 70.4 cm³/mol. The van der Waals surface area contributed by atoms with Crippen molar-refractivity contribution in [2.75, 3.05) is 0 Å². The summed E-state index contributed by atoms with van der Waals surface area (Å²) >= 11 is 5.96. The molecule has 2 aromatic rings. The largest absolute Gasteiger partial charge is 0.480 e. The summed E-state index contributed by atoms with van der Waals surface area (Å²) in [6.45, 7) is -0.0250. The monoisotopic (exact) mass is 292 g/mol. The minimum atomic E-state index is -0.535. The smallest absolute Gasteiger partial charge is 0.342 e. The van der Waals surface area contributed by atoms with Crippen molar-refractivity contribution in [1.29, 1.82) is 5.26 Å². The van der Waals surface area contributed by atoms with Crippen LogP contribution in [0.5, 0.6) is 5.75 Å². The molecule has 0 saturated heterocycles. The van der Waals surface area contributed by atoms with E-state index < -0.39 is 4.92 Å². The fourth-order valence-corrected chi connectivity index (χ4v) is 1.85. The summed E-state index contributed by atoms with van der Waals surface area (Å²) in [6.07, 6.45) is 1.15. The van der Waals surface area contributed by atoms with Crippen LogP contribution < -0.4 is 4.74 Å². The van der Waals surface area contributed by atoms with Crippen LogP contribution in [0.4, 0.5) is 5.82 Å². The Morgan fingerprint density at radius 2 is 2.35 bits per heavy atom. The first-order valence-electron chi connectivity index (χ1n) is 5.51. The van der Waals surface area contributed by atoms with Crippen molar-refractivity contribution in [1.82, 2.24) is 9.55 Å². The molecule has 0 atom stereocenters. The average Bonchev–Trinajstić information content (AvgIpc) is 2.78. The van der Waals surface area contributed by atoms with Crippen molar-refractivity contribution >= 4 is 17.4 Å². The van der Waals surface area contributed by atoms with Crippen molar-refractivity contribution < 1.29 is 9.66 Å². The second kappa shape index (κ2) is 5.59. The van der Waals surface area contributed by atoms with Gasteiger partial charge < -0.3 is 14.9 Å². The van der Waals surface area contributed by atoms with Crippen molar-refractivity contribution in [3.8, 4) is 11.8 Å². The van der Waals surface area contributed by atoms with Crippen LogP contribution in [0.3, 0.4) is 0 Å². The number of benzene rings is 1. The topological polar surface area (TPSA) is 94.0 Å². The number of imidazole rings is 1. The highest BCUT2D eigenvalue weighted by Crippen LogP contribution is 2.28. The number of nitrogens with zero attached hydrogens (tertiary/aromatic N) is 4. The van der Waals surface area contributed by atoms with Gasteiger partial charge in [0.25, 0.3) is 0 Å². The van der Waals surface area contributed by atoms with Crippen molar-refractivity contribution in [2.24, 2.45) is 7.05 Å². The van der Waals surface area contributed by atoms with Gasteiger partial charge in [0.2, 0.25) is 5.82 Å². The fourth-order valence-electron chi connectivity index (χ4n) is 1.62. The molecule has 0 unspecified atom stereocenters. The number of aromatic nitrogens is 2. The van der Waals surface area contributed by atoms with Crippen LogP contribution in [0.2, 0.25) is 5.02 Å². The van der Waals surface area contributed by atoms with E-state index in [1.165, 1.54) is 11.6 Å². The van der Waals surface area contributed by atoms with E-state index in [0.29, 0.717) is 16.4 Å². The van der Waals surface area contributed by atoms with Crippen LogP contribution in [0.25, 0.3) is 0 Å². The third kappa shape index (κ3) is 2.55. The summed E-state index contributed by atoms with van der Waals surface area (Å²) in [4.78, 5) is 14.1. The second-order valence-corrected chi connectivity index (χ2v) is 4.27. The molecular formula is C12H9ClN4O3. The lowest BCUT2D eigenvalue weighted by Gasteiger charge is -2.07. The molecular weight excluding hydrogens is 284 g/mol. The predicted octanol–water partition coefficient (Wildman–Crippen LogP) is 2.43. The fraction of sp³-hybridized carbons (Fsp3) is 0.167. The lowest BCUT2D eigenvalue weighted by molar-refractivity contribution is -0.391. The summed E-state index contributed by atoms with van der Waals surface area (Å²) in [6, 6.07) is 6.77. The number of ether oxygens (including phenoxy) is 1. The number of nitro groups is 1. The van der Waals surface area contributed by atoms with Crippen LogP contribution in [-0.2, 0) is 13.7 Å². The highest BCUT2D eigenvalue weighted by Gasteiger charge is 2.18. The first-order chi connectivity index (χ1) is 9.54. The van der Waals surface area contributed by atoms with Crippen LogP contribution in [0.15, 0.2) is 24.4 Å². The van der Waals surface area contributed by atoms with E-state index in [0.717, 1.165) is 6.20 Å². The molecule has 7 nitrogen and oxygen atoms in total. The zero-order valence-corrected chi connectivity index (χ0v) is 11.2. The number of halogens is 1. The van der Waals surface area contributed by atoms with Crippen LogP contribution in [0, 0.1) is 21.4 Å². The van der Waals surface area contributed by atoms with Crippen LogP contribution >= 0.6 is 11.6 Å². The molecule has 0 bridgehead atoms. The van der Waals surface area contributed by atoms with Gasteiger partial charge in [0.15, 0.2) is 12.4 Å². The van der Waals surface area contributed by atoms with E-state index >= 15 is 0 Å². The van der Waals surface area contributed by atoms with Gasteiger partial charge in [-0.25, -0.2) is 9.55 Å². The van der Waals surface area contributed by atoms with E-state index in [4.69, 9.17) is 21.6 Å². The van der Waals surface area contributed by atoms with E-state index in [1.807, 2.05) is 6.07 Å². The Kier molecular flexibility index (Phi) is 3.86. The summed E-state index contributed by atoms with van der Waals surface area (Å²) in [5, 5.41) is 20.0. The number of hydrogen-bond donors (Lipinski definition) is 0. The van der Waals surface area contributed by atoms with Gasteiger partial charge in [-0.15, -0.1) is 0 Å². The molecule has 0 spiro atoms. The van der Waals surface area contributed by atoms with Crippen LogP contribution in [0.1, 0.15) is 11.4 Å². The maximum Gasteiger partial charge on any atom is 0.342 e. The number of rotatable bonds is 4. The zero-order valence-electron chi connectivity index (χ0n) is 10.4. The van der Waals surface area contributed by atoms with Gasteiger partial charge in [-0.1, -0.05) is 17.7 Å². The van der Waals surface area contributed by atoms with Crippen molar-refractivity contribution in [2.45, 2.75) is 6.61 Å². The van der Waals surface area contributed by atoms with Crippen molar-refractivity contribution in [3.05, 3.63) is 50.9 Å². The van der Waals surface area contributed by atoms with Gasteiger partial charge in [0.1, 0.15) is 12.3 Å². The molecule has 2 rings (SSSR count). The first kappa shape index (κ1) is 13.8. The molecule has 1 aromatic carbocycles. The Morgan fingerprint density at radius 1 is 1.60 bits per heavy atom. The minimum Gasteiger partial charge on any atom is -0.480 e. The molecule has 20 heavy (non-hydrogen) atoms. The molecule has 0 radical (unpaired) electrons. The third-order valence-corrected chi connectivity index (χ3v) is 2.98. The van der Waals surface area contributed by atoms with Gasteiger partial charge in [-0.3, -0.25) is 0 Å². The SMILES string of the molecule is Cn1c([N+](=O)[O-])cnc1COc1c(Cl)cccc1C#N. The average molecular weight is 293 g/mol. The van der Waals surface area contributed by atoms with Gasteiger partial charge in [-0.2, -0.15) is 5.26 Å². The molecule has 0 amide bonds. The molecule has 0 aliphatic heterocycles. The van der Waals surface area contributed by atoms with Gasteiger partial charge >= 0.3 is 5.82 Å². The third-order valence-electron chi connectivity index (χ3n) is 2.68.